The molecule has 0 bridgehead atoms. The smallest absolute Gasteiger partial charge is 0.316 e. The van der Waals surface area contributed by atoms with Gasteiger partial charge in [0.1, 0.15) is 11.3 Å². The van der Waals surface area contributed by atoms with Crippen molar-refractivity contribution in [1.29, 1.82) is 0 Å². The molecular weight excluding hydrogens is 364 g/mol. The second-order valence-electron chi connectivity index (χ2n) is 5.99. The average Bonchev–Trinajstić information content (AvgIpc) is 3.13. The summed E-state index contributed by atoms with van der Waals surface area (Å²) in [5.41, 5.74) is 2.42. The Morgan fingerprint density at radius 1 is 1.15 bits per heavy atom. The lowest BCUT2D eigenvalue weighted by molar-refractivity contribution is -0.150. The summed E-state index contributed by atoms with van der Waals surface area (Å²) in [6.07, 6.45) is 0. The van der Waals surface area contributed by atoms with Gasteiger partial charge in [-0.05, 0) is 24.6 Å². The molecule has 3 rings (SSSR count). The lowest BCUT2D eigenvalue weighted by atomic mass is 10.1. The molecule has 0 aliphatic rings. The highest BCUT2D eigenvalue weighted by Gasteiger charge is 2.19. The number of esters is 1. The highest BCUT2D eigenvalue weighted by atomic mass is 32.2. The first-order valence-electron chi connectivity index (χ1n) is 8.49. The van der Waals surface area contributed by atoms with Crippen LogP contribution in [0, 0.1) is 0 Å². The number of carbonyl (C=O) groups excluding carboxylic acids is 2. The number of thioether (sulfide) groups is 1. The van der Waals surface area contributed by atoms with Gasteiger partial charge in [-0.1, -0.05) is 54.2 Å². The topological polar surface area (TPSA) is 72.6 Å². The Kier molecular flexibility index (Phi) is 6.13. The molecule has 0 saturated heterocycles. The lowest BCUT2D eigenvalue weighted by Crippen LogP contribution is -2.33. The molecule has 0 saturated carbocycles. The van der Waals surface area contributed by atoms with Gasteiger partial charge in [-0.25, -0.2) is 4.98 Å². The maximum absolute atomic E-state index is 12.3. The molecule has 6 nitrogen and oxygen atoms in total. The van der Waals surface area contributed by atoms with E-state index in [1.807, 2.05) is 61.5 Å². The van der Waals surface area contributed by atoms with Crippen LogP contribution in [0.25, 0.3) is 11.1 Å². The molecule has 0 fully saturated rings. The summed E-state index contributed by atoms with van der Waals surface area (Å²) in [4.78, 5) is 30.0. The molecule has 140 valence electrons. The quantitative estimate of drug-likeness (QED) is 0.457. The van der Waals surface area contributed by atoms with Crippen LogP contribution < -0.4 is 0 Å². The van der Waals surface area contributed by atoms with E-state index < -0.39 is 5.97 Å². The maximum atomic E-state index is 12.3. The van der Waals surface area contributed by atoms with E-state index in [9.17, 15) is 9.59 Å². The summed E-state index contributed by atoms with van der Waals surface area (Å²) >= 11 is 1.14. The van der Waals surface area contributed by atoms with E-state index >= 15 is 0 Å². The van der Waals surface area contributed by atoms with Gasteiger partial charge in [0, 0.05) is 7.05 Å². The Hall–Kier alpha value is -2.80. The van der Waals surface area contributed by atoms with Crippen LogP contribution in [0.15, 0.2) is 64.2 Å². The van der Waals surface area contributed by atoms with Crippen LogP contribution in [0.5, 0.6) is 0 Å². The molecule has 2 aromatic carbocycles. The summed E-state index contributed by atoms with van der Waals surface area (Å²) in [6.45, 7) is 1.64. The van der Waals surface area contributed by atoms with E-state index in [1.54, 1.807) is 11.9 Å². The maximum Gasteiger partial charge on any atom is 0.316 e. The van der Waals surface area contributed by atoms with Crippen molar-refractivity contribution < 1.29 is 18.7 Å². The molecular formula is C20H20N2O4S. The summed E-state index contributed by atoms with van der Waals surface area (Å²) in [6, 6.07) is 17.0. The van der Waals surface area contributed by atoms with Crippen molar-refractivity contribution >= 4 is 34.7 Å². The molecule has 3 aromatic rings. The molecule has 1 heterocycles. The highest BCUT2D eigenvalue weighted by Crippen LogP contribution is 2.23. The molecule has 1 amide bonds. The van der Waals surface area contributed by atoms with Crippen molar-refractivity contribution in [2.75, 3.05) is 19.4 Å². The molecule has 0 aliphatic carbocycles. The summed E-state index contributed by atoms with van der Waals surface area (Å²) in [7, 11) is 1.70. The fourth-order valence-corrected chi connectivity index (χ4v) is 3.13. The number of hydrogen-bond acceptors (Lipinski definition) is 6. The van der Waals surface area contributed by atoms with E-state index in [2.05, 4.69) is 4.98 Å². The third-order valence-electron chi connectivity index (χ3n) is 4.20. The van der Waals surface area contributed by atoms with Gasteiger partial charge in [0.15, 0.2) is 12.2 Å². The number of likely N-dealkylation sites (N-methyl/N-ethyl adjacent to an activating group) is 1. The molecule has 0 spiro atoms. The summed E-state index contributed by atoms with van der Waals surface area (Å²) in [5.74, 6) is -0.721. The molecule has 1 atom stereocenters. The number of fused-ring (bicyclic) bond motifs is 1. The Morgan fingerprint density at radius 3 is 2.59 bits per heavy atom. The second kappa shape index (κ2) is 8.73. The number of oxazole rings is 1. The van der Waals surface area contributed by atoms with Crippen molar-refractivity contribution in [3.63, 3.8) is 0 Å². The van der Waals surface area contributed by atoms with Gasteiger partial charge in [0.25, 0.3) is 11.1 Å². The van der Waals surface area contributed by atoms with Crippen LogP contribution >= 0.6 is 11.8 Å². The number of aromatic nitrogens is 1. The number of ether oxygens (including phenoxy) is 1. The summed E-state index contributed by atoms with van der Waals surface area (Å²) < 4.78 is 10.6. The minimum absolute atomic E-state index is 0.0258. The van der Waals surface area contributed by atoms with E-state index in [-0.39, 0.29) is 24.3 Å². The van der Waals surface area contributed by atoms with Gasteiger partial charge in [0.05, 0.1) is 6.04 Å². The van der Waals surface area contributed by atoms with Gasteiger partial charge in [-0.2, -0.15) is 0 Å². The molecule has 0 N–H and O–H groups in total. The minimum atomic E-state index is -0.489. The van der Waals surface area contributed by atoms with Crippen LogP contribution in [0.1, 0.15) is 18.5 Å². The van der Waals surface area contributed by atoms with Crippen molar-refractivity contribution in [3.05, 3.63) is 60.2 Å². The zero-order chi connectivity index (χ0) is 19.2. The minimum Gasteiger partial charge on any atom is -0.455 e. The third-order valence-corrected chi connectivity index (χ3v) is 5.00. The number of amides is 1. The predicted molar refractivity (Wildman–Crippen MR) is 103 cm³/mol. The fourth-order valence-electron chi connectivity index (χ4n) is 2.49. The number of benzene rings is 2. The molecule has 1 aromatic heterocycles. The van der Waals surface area contributed by atoms with Gasteiger partial charge in [-0.15, -0.1) is 0 Å². The molecule has 0 radical (unpaired) electrons. The van der Waals surface area contributed by atoms with Gasteiger partial charge in [0.2, 0.25) is 0 Å². The monoisotopic (exact) mass is 384 g/mol. The van der Waals surface area contributed by atoms with Crippen molar-refractivity contribution in [2.45, 2.75) is 18.2 Å². The first-order chi connectivity index (χ1) is 13.0. The normalized spacial score (nSPS) is 11.9. The highest BCUT2D eigenvalue weighted by molar-refractivity contribution is 7.99. The van der Waals surface area contributed by atoms with E-state index in [4.69, 9.17) is 9.15 Å². The van der Waals surface area contributed by atoms with Gasteiger partial charge in [-0.3, -0.25) is 9.59 Å². The van der Waals surface area contributed by atoms with Crippen LogP contribution in [0.2, 0.25) is 0 Å². The number of hydrogen-bond donors (Lipinski definition) is 0. The summed E-state index contributed by atoms with van der Waals surface area (Å²) in [5, 5.41) is 0.397. The fraction of sp³-hybridized carbons (Fsp3) is 0.250. The first kappa shape index (κ1) is 19.0. The van der Waals surface area contributed by atoms with Crippen molar-refractivity contribution in [3.8, 4) is 0 Å². The zero-order valence-corrected chi connectivity index (χ0v) is 15.9. The molecule has 0 aliphatic heterocycles. The van der Waals surface area contributed by atoms with Gasteiger partial charge >= 0.3 is 5.97 Å². The average molecular weight is 384 g/mol. The predicted octanol–water partition coefficient (Wildman–Crippen LogP) is 3.68. The Labute approximate surface area is 161 Å². The zero-order valence-electron chi connectivity index (χ0n) is 15.1. The molecule has 27 heavy (non-hydrogen) atoms. The molecule has 1 unspecified atom stereocenters. The number of rotatable bonds is 7. The Balaban J connectivity index is 1.46. The SMILES string of the molecule is CC(c1ccccc1)N(C)C(=O)COC(=O)CSc1nc2ccccc2o1. The largest absolute Gasteiger partial charge is 0.455 e. The van der Waals surface area contributed by atoms with Gasteiger partial charge < -0.3 is 14.1 Å². The Morgan fingerprint density at radius 2 is 1.85 bits per heavy atom. The number of para-hydroxylation sites is 2. The standard InChI is InChI=1S/C20H20N2O4S/c1-14(15-8-4-3-5-9-15)22(2)18(23)12-25-19(24)13-27-20-21-16-10-6-7-11-17(16)26-20/h3-11,14H,12-13H2,1-2H3. The Bertz CT molecular complexity index is 893. The van der Waals surface area contributed by atoms with Crippen LogP contribution in [-0.2, 0) is 14.3 Å². The van der Waals surface area contributed by atoms with E-state index in [0.29, 0.717) is 10.8 Å². The van der Waals surface area contributed by atoms with Crippen LogP contribution in [0.4, 0.5) is 0 Å². The molecule has 7 heteroatoms. The second-order valence-corrected chi connectivity index (χ2v) is 6.91. The van der Waals surface area contributed by atoms with E-state index in [1.165, 1.54) is 0 Å². The first-order valence-corrected chi connectivity index (χ1v) is 9.48. The van der Waals surface area contributed by atoms with Crippen molar-refractivity contribution in [1.82, 2.24) is 9.88 Å². The van der Waals surface area contributed by atoms with Crippen LogP contribution in [-0.4, -0.2) is 41.2 Å². The van der Waals surface area contributed by atoms with Crippen molar-refractivity contribution in [2.24, 2.45) is 0 Å². The lowest BCUT2D eigenvalue weighted by Gasteiger charge is -2.25. The number of nitrogens with zero attached hydrogens (tertiary/aromatic N) is 2. The van der Waals surface area contributed by atoms with Crippen LogP contribution in [0.3, 0.4) is 0 Å². The van der Waals surface area contributed by atoms with E-state index in [0.717, 1.165) is 22.8 Å². The number of carbonyl (C=O) groups is 2. The third kappa shape index (κ3) is 4.89.